The fourth-order valence-corrected chi connectivity index (χ4v) is 3.84. The number of pyridine rings is 1. The smallest absolute Gasteiger partial charge is 0.256 e. The van der Waals surface area contributed by atoms with E-state index in [1.807, 2.05) is 42.5 Å². The van der Waals surface area contributed by atoms with E-state index < -0.39 is 0 Å². The summed E-state index contributed by atoms with van der Waals surface area (Å²) in [6.45, 7) is 1.23. The molecule has 1 N–H and O–H groups in total. The molecule has 1 aliphatic rings. The summed E-state index contributed by atoms with van der Waals surface area (Å²) in [6, 6.07) is 16.7. The van der Waals surface area contributed by atoms with E-state index in [4.69, 9.17) is 9.47 Å². The minimum absolute atomic E-state index is 0.185. The SMILES string of the molecule is O=C(Nc1ccc2c(c1)OCCCO2)c1ccccc1Sc1ccc(Br)cn1. The quantitative estimate of drug-likeness (QED) is 0.568. The molecule has 1 aliphatic heterocycles. The number of hydrogen-bond donors (Lipinski definition) is 1. The average Bonchev–Trinajstić information content (AvgIpc) is 2.95. The maximum atomic E-state index is 12.9. The standard InChI is InChI=1S/C21H17BrN2O3S/c22-14-6-9-20(23-13-14)28-19-5-2-1-4-16(19)21(25)24-15-7-8-17-18(12-15)27-11-3-10-26-17/h1-2,4-9,12-13H,3,10-11H2,(H,24,25). The van der Waals surface area contributed by atoms with Gasteiger partial charge in [-0.05, 0) is 52.3 Å². The molecule has 0 spiro atoms. The molecule has 1 aromatic heterocycles. The van der Waals surface area contributed by atoms with E-state index in [1.165, 1.54) is 11.8 Å². The zero-order chi connectivity index (χ0) is 19.3. The molecule has 0 saturated carbocycles. The van der Waals surface area contributed by atoms with Crippen molar-refractivity contribution in [1.82, 2.24) is 4.98 Å². The molecule has 0 fully saturated rings. The monoisotopic (exact) mass is 456 g/mol. The van der Waals surface area contributed by atoms with Gasteiger partial charge < -0.3 is 14.8 Å². The van der Waals surface area contributed by atoms with Gasteiger partial charge in [0.15, 0.2) is 11.5 Å². The number of benzene rings is 2. The molecule has 0 unspecified atom stereocenters. The van der Waals surface area contributed by atoms with Crippen LogP contribution in [0.1, 0.15) is 16.8 Å². The van der Waals surface area contributed by atoms with Crippen molar-refractivity contribution in [3.63, 3.8) is 0 Å². The first kappa shape index (κ1) is 18.8. The summed E-state index contributed by atoms with van der Waals surface area (Å²) in [5, 5.41) is 3.77. The molecule has 0 bridgehead atoms. The first-order valence-corrected chi connectivity index (χ1v) is 10.4. The van der Waals surface area contributed by atoms with Crippen molar-refractivity contribution >= 4 is 39.3 Å². The van der Waals surface area contributed by atoms with Crippen LogP contribution in [0.25, 0.3) is 0 Å². The summed E-state index contributed by atoms with van der Waals surface area (Å²) in [5.74, 6) is 1.17. The lowest BCUT2D eigenvalue weighted by molar-refractivity contribution is 0.102. The van der Waals surface area contributed by atoms with Crippen molar-refractivity contribution in [2.24, 2.45) is 0 Å². The summed E-state index contributed by atoms with van der Waals surface area (Å²) in [6.07, 6.45) is 2.58. The Balaban J connectivity index is 1.54. The summed E-state index contributed by atoms with van der Waals surface area (Å²) in [7, 11) is 0. The highest BCUT2D eigenvalue weighted by Gasteiger charge is 2.15. The van der Waals surface area contributed by atoms with Crippen LogP contribution in [0.15, 0.2) is 75.2 Å². The van der Waals surface area contributed by atoms with E-state index in [-0.39, 0.29) is 5.91 Å². The maximum absolute atomic E-state index is 12.9. The third kappa shape index (κ3) is 4.48. The van der Waals surface area contributed by atoms with Crippen LogP contribution in [0, 0.1) is 0 Å². The van der Waals surface area contributed by atoms with Gasteiger partial charge in [-0.3, -0.25) is 4.79 Å². The first-order chi connectivity index (χ1) is 13.7. The maximum Gasteiger partial charge on any atom is 0.256 e. The Morgan fingerprint density at radius 2 is 1.86 bits per heavy atom. The minimum Gasteiger partial charge on any atom is -0.490 e. The van der Waals surface area contributed by atoms with Crippen molar-refractivity contribution in [2.45, 2.75) is 16.3 Å². The number of anilines is 1. The van der Waals surface area contributed by atoms with Crippen molar-refractivity contribution < 1.29 is 14.3 Å². The van der Waals surface area contributed by atoms with E-state index in [1.54, 1.807) is 18.3 Å². The van der Waals surface area contributed by atoms with Crippen LogP contribution in [-0.2, 0) is 0 Å². The number of ether oxygens (including phenoxy) is 2. The average molecular weight is 457 g/mol. The normalized spacial score (nSPS) is 12.9. The topological polar surface area (TPSA) is 60.5 Å². The van der Waals surface area contributed by atoms with Crippen molar-refractivity contribution in [1.29, 1.82) is 0 Å². The number of carbonyl (C=O) groups is 1. The predicted octanol–water partition coefficient (Wildman–Crippen LogP) is 5.41. The molecule has 3 aromatic rings. The first-order valence-electron chi connectivity index (χ1n) is 8.78. The van der Waals surface area contributed by atoms with Gasteiger partial charge in [-0.25, -0.2) is 4.98 Å². The third-order valence-corrected chi connectivity index (χ3v) is 5.55. The highest BCUT2D eigenvalue weighted by atomic mass is 79.9. The lowest BCUT2D eigenvalue weighted by Gasteiger charge is -2.12. The molecule has 2 heterocycles. The molecule has 5 nitrogen and oxygen atoms in total. The zero-order valence-corrected chi connectivity index (χ0v) is 17.3. The van der Waals surface area contributed by atoms with Gasteiger partial charge in [-0.2, -0.15) is 0 Å². The number of nitrogens with one attached hydrogen (secondary N) is 1. The lowest BCUT2D eigenvalue weighted by Crippen LogP contribution is -2.13. The van der Waals surface area contributed by atoms with E-state index in [0.29, 0.717) is 36.0 Å². The fraction of sp³-hybridized carbons (Fsp3) is 0.143. The van der Waals surface area contributed by atoms with Gasteiger partial charge in [0.1, 0.15) is 5.03 Å². The molecule has 0 saturated heterocycles. The Kier molecular flexibility index (Phi) is 5.83. The Labute approximate surface area is 175 Å². The van der Waals surface area contributed by atoms with Crippen LogP contribution >= 0.6 is 27.7 Å². The molecule has 1 amide bonds. The van der Waals surface area contributed by atoms with Crippen molar-refractivity contribution in [3.8, 4) is 11.5 Å². The Morgan fingerprint density at radius 3 is 2.68 bits per heavy atom. The number of hydrogen-bond acceptors (Lipinski definition) is 5. The fourth-order valence-electron chi connectivity index (χ4n) is 2.72. The van der Waals surface area contributed by atoms with E-state index >= 15 is 0 Å². The molecular formula is C21H17BrN2O3S. The predicted molar refractivity (Wildman–Crippen MR) is 113 cm³/mol. The van der Waals surface area contributed by atoms with Gasteiger partial charge in [0.05, 0.1) is 18.8 Å². The summed E-state index contributed by atoms with van der Waals surface area (Å²) in [5.41, 5.74) is 1.25. The number of halogens is 1. The Hall–Kier alpha value is -2.51. The second-order valence-corrected chi connectivity index (χ2v) is 8.06. The zero-order valence-electron chi connectivity index (χ0n) is 14.9. The highest BCUT2D eigenvalue weighted by molar-refractivity contribution is 9.10. The van der Waals surface area contributed by atoms with Crippen molar-refractivity contribution in [2.75, 3.05) is 18.5 Å². The van der Waals surface area contributed by atoms with Crippen LogP contribution in [0.2, 0.25) is 0 Å². The van der Waals surface area contributed by atoms with Gasteiger partial charge in [0, 0.05) is 33.7 Å². The summed E-state index contributed by atoms with van der Waals surface area (Å²) >= 11 is 4.83. The molecule has 0 atom stereocenters. The number of amides is 1. The molecule has 142 valence electrons. The van der Waals surface area contributed by atoms with E-state index in [0.717, 1.165) is 20.8 Å². The van der Waals surface area contributed by atoms with Gasteiger partial charge in [-0.1, -0.05) is 23.9 Å². The molecule has 4 rings (SSSR count). The third-order valence-electron chi connectivity index (χ3n) is 4.05. The second kappa shape index (κ2) is 8.67. The number of rotatable bonds is 4. The van der Waals surface area contributed by atoms with Crippen LogP contribution in [0.5, 0.6) is 11.5 Å². The molecule has 0 aliphatic carbocycles. The van der Waals surface area contributed by atoms with Gasteiger partial charge in [-0.15, -0.1) is 0 Å². The molecule has 7 heteroatoms. The number of aromatic nitrogens is 1. The summed E-state index contributed by atoms with van der Waals surface area (Å²) < 4.78 is 12.2. The minimum atomic E-state index is -0.185. The highest BCUT2D eigenvalue weighted by Crippen LogP contribution is 2.33. The van der Waals surface area contributed by atoms with Crippen molar-refractivity contribution in [3.05, 3.63) is 70.8 Å². The molecular weight excluding hydrogens is 440 g/mol. The van der Waals surface area contributed by atoms with Gasteiger partial charge in [0.25, 0.3) is 5.91 Å². The Morgan fingerprint density at radius 1 is 1.04 bits per heavy atom. The summed E-state index contributed by atoms with van der Waals surface area (Å²) in [4.78, 5) is 18.1. The molecule has 2 aromatic carbocycles. The van der Waals surface area contributed by atoms with Gasteiger partial charge >= 0.3 is 0 Å². The Bertz CT molecular complexity index is 995. The van der Waals surface area contributed by atoms with Crippen LogP contribution in [-0.4, -0.2) is 24.1 Å². The molecule has 28 heavy (non-hydrogen) atoms. The van der Waals surface area contributed by atoms with Crippen LogP contribution < -0.4 is 14.8 Å². The second-order valence-electron chi connectivity index (χ2n) is 6.08. The van der Waals surface area contributed by atoms with E-state index in [9.17, 15) is 4.79 Å². The van der Waals surface area contributed by atoms with Crippen LogP contribution in [0.4, 0.5) is 5.69 Å². The number of nitrogens with zero attached hydrogens (tertiary/aromatic N) is 1. The molecule has 0 radical (unpaired) electrons. The van der Waals surface area contributed by atoms with Crippen LogP contribution in [0.3, 0.4) is 0 Å². The lowest BCUT2D eigenvalue weighted by atomic mass is 10.2. The number of fused-ring (bicyclic) bond motifs is 1. The number of carbonyl (C=O) groups excluding carboxylic acids is 1. The van der Waals surface area contributed by atoms with Gasteiger partial charge in [0.2, 0.25) is 0 Å². The van der Waals surface area contributed by atoms with E-state index in [2.05, 4.69) is 26.2 Å². The largest absolute Gasteiger partial charge is 0.490 e.